The lowest BCUT2D eigenvalue weighted by atomic mass is 10.1. The fourth-order valence-corrected chi connectivity index (χ4v) is 2.09. The summed E-state index contributed by atoms with van der Waals surface area (Å²) in [6.07, 6.45) is 0.733. The molecule has 0 aliphatic heterocycles. The monoisotopic (exact) mass is 260 g/mol. The molecule has 0 aliphatic rings. The van der Waals surface area contributed by atoms with Crippen molar-refractivity contribution in [2.75, 3.05) is 6.54 Å². The van der Waals surface area contributed by atoms with E-state index in [9.17, 15) is 9.18 Å². The van der Waals surface area contributed by atoms with Gasteiger partial charge >= 0.3 is 0 Å². The maximum Gasteiger partial charge on any atom is 0.254 e. The Morgan fingerprint density at radius 2 is 2.05 bits per heavy atom. The van der Waals surface area contributed by atoms with Gasteiger partial charge in [0, 0.05) is 17.9 Å². The minimum atomic E-state index is -0.492. The Hall–Kier alpha value is -2.10. The van der Waals surface area contributed by atoms with E-state index >= 15 is 0 Å². The van der Waals surface area contributed by atoms with Gasteiger partial charge in [-0.2, -0.15) is 0 Å². The first-order valence-electron chi connectivity index (χ1n) is 6.25. The lowest BCUT2D eigenvalue weighted by molar-refractivity contribution is 0.0950. The van der Waals surface area contributed by atoms with Crippen LogP contribution in [0.4, 0.5) is 4.39 Å². The van der Waals surface area contributed by atoms with Crippen molar-refractivity contribution < 1.29 is 9.18 Å². The molecule has 0 saturated carbocycles. The van der Waals surface area contributed by atoms with E-state index in [4.69, 9.17) is 0 Å². The number of aryl methyl sites for hydroxylation is 2. The molecule has 0 unspecified atom stereocenters. The van der Waals surface area contributed by atoms with Crippen LogP contribution in [0.25, 0.3) is 0 Å². The summed E-state index contributed by atoms with van der Waals surface area (Å²) in [5, 5.41) is 2.73. The predicted octanol–water partition coefficient (Wildman–Crippen LogP) is 2.74. The van der Waals surface area contributed by atoms with Crippen molar-refractivity contribution in [3.8, 4) is 0 Å². The van der Waals surface area contributed by atoms with E-state index in [1.54, 1.807) is 12.1 Å². The Balaban J connectivity index is 1.91. The Morgan fingerprint density at radius 1 is 1.32 bits per heavy atom. The van der Waals surface area contributed by atoms with Crippen molar-refractivity contribution in [2.45, 2.75) is 20.3 Å². The zero-order valence-electron chi connectivity index (χ0n) is 11.1. The molecule has 1 amide bonds. The number of rotatable bonds is 4. The van der Waals surface area contributed by atoms with Gasteiger partial charge in [0.2, 0.25) is 0 Å². The van der Waals surface area contributed by atoms with Crippen molar-refractivity contribution in [2.24, 2.45) is 0 Å². The minimum absolute atomic E-state index is 0.0875. The van der Waals surface area contributed by atoms with E-state index in [-0.39, 0.29) is 11.5 Å². The fraction of sp³-hybridized carbons (Fsp3) is 0.267. The maximum atomic E-state index is 13.4. The number of aromatic nitrogens is 1. The molecular weight excluding hydrogens is 243 g/mol. The van der Waals surface area contributed by atoms with E-state index in [1.165, 1.54) is 17.7 Å². The van der Waals surface area contributed by atoms with Crippen LogP contribution < -0.4 is 5.32 Å². The average Bonchev–Trinajstić information content (AvgIpc) is 2.68. The number of benzene rings is 1. The Kier molecular flexibility index (Phi) is 4.00. The highest BCUT2D eigenvalue weighted by atomic mass is 19.1. The molecule has 0 bridgehead atoms. The first kappa shape index (κ1) is 13.3. The van der Waals surface area contributed by atoms with Crippen LogP contribution in [0.1, 0.15) is 27.3 Å². The summed E-state index contributed by atoms with van der Waals surface area (Å²) in [4.78, 5) is 15.0. The highest BCUT2D eigenvalue weighted by molar-refractivity contribution is 5.94. The van der Waals surface area contributed by atoms with Crippen molar-refractivity contribution in [1.29, 1.82) is 0 Å². The summed E-state index contributed by atoms with van der Waals surface area (Å²) >= 11 is 0. The number of H-pyrrole nitrogens is 1. The molecule has 2 aromatic rings. The molecule has 0 radical (unpaired) electrons. The van der Waals surface area contributed by atoms with Crippen molar-refractivity contribution >= 4 is 5.91 Å². The summed E-state index contributed by atoms with van der Waals surface area (Å²) in [6, 6.07) is 8.05. The minimum Gasteiger partial charge on any atom is -0.362 e. The molecule has 2 N–H and O–H groups in total. The number of hydrogen-bond acceptors (Lipinski definition) is 1. The van der Waals surface area contributed by atoms with Gasteiger partial charge in [-0.25, -0.2) is 4.39 Å². The molecule has 2 rings (SSSR count). The van der Waals surface area contributed by atoms with Gasteiger partial charge in [-0.1, -0.05) is 12.1 Å². The highest BCUT2D eigenvalue weighted by Gasteiger charge is 2.10. The lowest BCUT2D eigenvalue weighted by Gasteiger charge is -2.05. The largest absolute Gasteiger partial charge is 0.362 e. The van der Waals surface area contributed by atoms with Gasteiger partial charge in [0.05, 0.1) is 5.56 Å². The molecule has 0 aliphatic carbocycles. The molecule has 4 heteroatoms. The average molecular weight is 260 g/mol. The topological polar surface area (TPSA) is 44.9 Å². The van der Waals surface area contributed by atoms with Crippen molar-refractivity contribution in [1.82, 2.24) is 10.3 Å². The zero-order chi connectivity index (χ0) is 13.8. The van der Waals surface area contributed by atoms with Gasteiger partial charge in [-0.05, 0) is 44.0 Å². The quantitative estimate of drug-likeness (QED) is 0.872. The van der Waals surface area contributed by atoms with Crippen molar-refractivity contribution in [3.05, 3.63) is 58.7 Å². The van der Waals surface area contributed by atoms with Gasteiger partial charge in [0.1, 0.15) is 5.82 Å². The van der Waals surface area contributed by atoms with E-state index in [0.29, 0.717) is 6.54 Å². The molecule has 1 aromatic heterocycles. The number of amides is 1. The first-order valence-corrected chi connectivity index (χ1v) is 6.25. The highest BCUT2D eigenvalue weighted by Crippen LogP contribution is 2.10. The molecule has 19 heavy (non-hydrogen) atoms. The summed E-state index contributed by atoms with van der Waals surface area (Å²) in [6.45, 7) is 4.49. The van der Waals surface area contributed by atoms with Crippen LogP contribution in [0.3, 0.4) is 0 Å². The third-order valence-corrected chi connectivity index (χ3v) is 3.06. The number of hydrogen-bond donors (Lipinski definition) is 2. The van der Waals surface area contributed by atoms with Gasteiger partial charge < -0.3 is 10.3 Å². The molecular formula is C15H17FN2O. The number of carbonyl (C=O) groups excluding carboxylic acids is 1. The summed E-state index contributed by atoms with van der Waals surface area (Å²) < 4.78 is 13.4. The van der Waals surface area contributed by atoms with Crippen molar-refractivity contribution in [3.63, 3.8) is 0 Å². The van der Waals surface area contributed by atoms with E-state index < -0.39 is 5.82 Å². The third-order valence-electron chi connectivity index (χ3n) is 3.06. The van der Waals surface area contributed by atoms with Crippen LogP contribution in [0.2, 0.25) is 0 Å². The van der Waals surface area contributed by atoms with Crippen LogP contribution in [-0.4, -0.2) is 17.4 Å². The maximum absolute atomic E-state index is 13.4. The molecule has 1 heterocycles. The van der Waals surface area contributed by atoms with Gasteiger partial charge in [-0.15, -0.1) is 0 Å². The second-order valence-electron chi connectivity index (χ2n) is 4.59. The number of aromatic amines is 1. The molecule has 100 valence electrons. The van der Waals surface area contributed by atoms with Crippen LogP contribution >= 0.6 is 0 Å². The van der Waals surface area contributed by atoms with Crippen LogP contribution in [0.5, 0.6) is 0 Å². The Morgan fingerprint density at radius 3 is 2.68 bits per heavy atom. The lowest BCUT2D eigenvalue weighted by Crippen LogP contribution is -2.26. The normalized spacial score (nSPS) is 10.5. The second kappa shape index (κ2) is 5.69. The Bertz CT molecular complexity index is 590. The molecule has 3 nitrogen and oxygen atoms in total. The SMILES string of the molecule is Cc1cc(CCNC(=O)c2ccccc2F)c(C)[nH]1. The van der Waals surface area contributed by atoms with Crippen LogP contribution in [-0.2, 0) is 6.42 Å². The fourth-order valence-electron chi connectivity index (χ4n) is 2.09. The zero-order valence-corrected chi connectivity index (χ0v) is 11.1. The van der Waals surface area contributed by atoms with Crippen LogP contribution in [0.15, 0.2) is 30.3 Å². The van der Waals surface area contributed by atoms with Gasteiger partial charge in [-0.3, -0.25) is 4.79 Å². The van der Waals surface area contributed by atoms with Gasteiger partial charge in [0.15, 0.2) is 0 Å². The van der Waals surface area contributed by atoms with E-state index in [0.717, 1.165) is 17.8 Å². The second-order valence-corrected chi connectivity index (χ2v) is 4.59. The molecule has 0 atom stereocenters. The van der Waals surface area contributed by atoms with E-state index in [2.05, 4.69) is 16.4 Å². The standard InChI is InChI=1S/C15H17FN2O/c1-10-9-12(11(2)18-10)7-8-17-15(19)13-5-3-4-6-14(13)16/h3-6,9,18H,7-8H2,1-2H3,(H,17,19). The third kappa shape index (κ3) is 3.22. The summed E-state index contributed by atoms with van der Waals surface area (Å²) in [5.74, 6) is -0.864. The number of carbonyl (C=O) groups is 1. The van der Waals surface area contributed by atoms with Gasteiger partial charge in [0.25, 0.3) is 5.91 Å². The number of nitrogens with one attached hydrogen (secondary N) is 2. The number of halogens is 1. The Labute approximate surface area is 111 Å². The molecule has 1 aromatic carbocycles. The molecule has 0 saturated heterocycles. The van der Waals surface area contributed by atoms with Crippen LogP contribution in [0, 0.1) is 19.7 Å². The molecule has 0 spiro atoms. The molecule has 0 fully saturated rings. The van der Waals surface area contributed by atoms with E-state index in [1.807, 2.05) is 13.8 Å². The smallest absolute Gasteiger partial charge is 0.254 e. The predicted molar refractivity (Wildman–Crippen MR) is 72.7 cm³/mol. The first-order chi connectivity index (χ1) is 9.08. The summed E-state index contributed by atoms with van der Waals surface area (Å²) in [5.41, 5.74) is 3.47. The summed E-state index contributed by atoms with van der Waals surface area (Å²) in [7, 11) is 0.